The molecule has 1 aliphatic heterocycles. The van der Waals surface area contributed by atoms with E-state index in [0.717, 1.165) is 16.1 Å². The van der Waals surface area contributed by atoms with Gasteiger partial charge in [-0.2, -0.15) is 0 Å². The van der Waals surface area contributed by atoms with E-state index in [-0.39, 0.29) is 12.5 Å². The van der Waals surface area contributed by atoms with Crippen LogP contribution in [0.1, 0.15) is 15.4 Å². The Kier molecular flexibility index (Phi) is 2.46. The largest absolute Gasteiger partial charge is 0.477 e. The van der Waals surface area contributed by atoms with E-state index in [0.29, 0.717) is 16.5 Å². The summed E-state index contributed by atoms with van der Waals surface area (Å²) >= 11 is 1.46. The van der Waals surface area contributed by atoms with Gasteiger partial charge in [-0.15, -0.1) is 11.3 Å². The minimum atomic E-state index is -0.998. The number of carboxylic acids is 1. The van der Waals surface area contributed by atoms with Gasteiger partial charge in [-0.3, -0.25) is 4.40 Å². The molecule has 0 saturated heterocycles. The molecule has 1 N–H and O–H groups in total. The lowest BCUT2D eigenvalue weighted by Gasteiger charge is -2.05. The van der Waals surface area contributed by atoms with Crippen LogP contribution < -0.4 is 9.47 Å². The number of hydrogen-bond acceptors (Lipinski definition) is 5. The van der Waals surface area contributed by atoms with Gasteiger partial charge in [0.15, 0.2) is 22.2 Å². The molecule has 0 fully saturated rings. The summed E-state index contributed by atoms with van der Waals surface area (Å²) in [5, 5.41) is 9.31. The molecule has 1 aliphatic rings. The van der Waals surface area contributed by atoms with E-state index in [1.807, 2.05) is 25.1 Å². The van der Waals surface area contributed by atoms with Crippen molar-refractivity contribution in [1.29, 1.82) is 0 Å². The highest BCUT2D eigenvalue weighted by Gasteiger charge is 2.21. The van der Waals surface area contributed by atoms with Crippen LogP contribution in [0.5, 0.6) is 11.5 Å². The maximum Gasteiger partial charge on any atom is 0.354 e. The Balaban J connectivity index is 1.99. The molecule has 3 heterocycles. The predicted octanol–water partition coefficient (Wildman–Crippen LogP) is 2.80. The summed E-state index contributed by atoms with van der Waals surface area (Å²) in [4.78, 5) is 17.2. The number of hydrogen-bond donors (Lipinski definition) is 1. The lowest BCUT2D eigenvalue weighted by atomic mass is 10.1. The van der Waals surface area contributed by atoms with Gasteiger partial charge in [-0.05, 0) is 25.1 Å². The minimum Gasteiger partial charge on any atom is -0.477 e. The average Bonchev–Trinajstić information content (AvgIpc) is 3.11. The number of rotatable bonds is 2. The van der Waals surface area contributed by atoms with Gasteiger partial charge in [0.05, 0.1) is 11.9 Å². The van der Waals surface area contributed by atoms with E-state index in [1.54, 1.807) is 4.40 Å². The second-order valence-corrected chi connectivity index (χ2v) is 5.82. The summed E-state index contributed by atoms with van der Waals surface area (Å²) in [5.41, 5.74) is 1.86. The molecule has 0 unspecified atom stereocenters. The third-order valence-electron chi connectivity index (χ3n) is 3.40. The molecular formula is C14H10N2O4S. The fourth-order valence-electron chi connectivity index (χ4n) is 2.49. The number of aryl methyl sites for hydroxylation is 1. The molecule has 0 bridgehead atoms. The van der Waals surface area contributed by atoms with Gasteiger partial charge in [0.1, 0.15) is 0 Å². The van der Waals surface area contributed by atoms with E-state index in [2.05, 4.69) is 4.98 Å². The smallest absolute Gasteiger partial charge is 0.354 e. The molecule has 0 atom stereocenters. The van der Waals surface area contributed by atoms with Crippen molar-refractivity contribution in [3.05, 3.63) is 35.0 Å². The maximum atomic E-state index is 11.4. The number of imidazole rings is 1. The molecule has 3 aromatic rings. The number of aromatic carboxylic acids is 1. The number of fused-ring (bicyclic) bond motifs is 2. The van der Waals surface area contributed by atoms with Crippen LogP contribution in [0, 0.1) is 6.92 Å². The Hall–Kier alpha value is -2.54. The molecule has 0 spiro atoms. The first-order chi connectivity index (χ1) is 10.1. The molecule has 7 heteroatoms. The zero-order chi connectivity index (χ0) is 14.6. The van der Waals surface area contributed by atoms with Crippen LogP contribution in [0.25, 0.3) is 16.2 Å². The molecule has 0 radical (unpaired) electrons. The van der Waals surface area contributed by atoms with Crippen molar-refractivity contribution in [3.63, 3.8) is 0 Å². The van der Waals surface area contributed by atoms with Crippen molar-refractivity contribution in [3.8, 4) is 22.8 Å². The van der Waals surface area contributed by atoms with Crippen LogP contribution in [-0.4, -0.2) is 27.3 Å². The number of ether oxygens (including phenoxy) is 2. The van der Waals surface area contributed by atoms with E-state index >= 15 is 0 Å². The van der Waals surface area contributed by atoms with E-state index in [4.69, 9.17) is 9.47 Å². The Morgan fingerprint density at radius 1 is 1.38 bits per heavy atom. The highest BCUT2D eigenvalue weighted by atomic mass is 32.1. The van der Waals surface area contributed by atoms with Crippen LogP contribution in [-0.2, 0) is 0 Å². The van der Waals surface area contributed by atoms with Crippen molar-refractivity contribution >= 4 is 22.3 Å². The van der Waals surface area contributed by atoms with Crippen molar-refractivity contribution in [1.82, 2.24) is 9.38 Å². The van der Waals surface area contributed by atoms with Crippen LogP contribution in [0.15, 0.2) is 24.4 Å². The zero-order valence-corrected chi connectivity index (χ0v) is 11.8. The second kappa shape index (κ2) is 4.23. The molecular weight excluding hydrogens is 292 g/mol. The fourth-order valence-corrected chi connectivity index (χ4v) is 3.46. The van der Waals surface area contributed by atoms with Crippen LogP contribution >= 0.6 is 11.3 Å². The number of aromatic nitrogens is 2. The Labute approximate surface area is 123 Å². The average molecular weight is 302 g/mol. The number of carboxylic acid groups (broad SMARTS) is 1. The Morgan fingerprint density at radius 2 is 2.19 bits per heavy atom. The first-order valence-electron chi connectivity index (χ1n) is 6.25. The van der Waals surface area contributed by atoms with Crippen molar-refractivity contribution in [2.24, 2.45) is 0 Å². The minimum absolute atomic E-state index is 0.155. The molecule has 0 saturated carbocycles. The topological polar surface area (TPSA) is 73.1 Å². The lowest BCUT2D eigenvalue weighted by Crippen LogP contribution is -2.02. The van der Waals surface area contributed by atoms with Gasteiger partial charge in [-0.1, -0.05) is 0 Å². The summed E-state index contributed by atoms with van der Waals surface area (Å²) in [5.74, 6) is 0.373. The van der Waals surface area contributed by atoms with E-state index in [9.17, 15) is 9.90 Å². The third-order valence-corrected chi connectivity index (χ3v) is 4.37. The van der Waals surface area contributed by atoms with Gasteiger partial charge >= 0.3 is 5.97 Å². The molecule has 2 aromatic heterocycles. The quantitative estimate of drug-likeness (QED) is 0.788. The third kappa shape index (κ3) is 1.71. The summed E-state index contributed by atoms with van der Waals surface area (Å²) in [6.07, 6.45) is 1.38. The normalized spacial score (nSPS) is 13.0. The zero-order valence-electron chi connectivity index (χ0n) is 11.0. The standard InChI is InChI=1S/C14H10N2O4S/c1-7-12(8-2-3-10-11(4-8)20-6-19-10)16-9(13(17)18)5-15-14(16)21-7/h2-5H,6H2,1H3,(H,17,18). The molecule has 0 aliphatic carbocycles. The lowest BCUT2D eigenvalue weighted by molar-refractivity contribution is 0.0689. The van der Waals surface area contributed by atoms with Gasteiger partial charge in [0, 0.05) is 10.4 Å². The van der Waals surface area contributed by atoms with Crippen LogP contribution in [0.3, 0.4) is 0 Å². The summed E-state index contributed by atoms with van der Waals surface area (Å²) < 4.78 is 12.4. The Morgan fingerprint density at radius 3 is 3.00 bits per heavy atom. The monoisotopic (exact) mass is 302 g/mol. The van der Waals surface area contributed by atoms with Crippen molar-refractivity contribution < 1.29 is 19.4 Å². The highest BCUT2D eigenvalue weighted by molar-refractivity contribution is 7.17. The fraction of sp³-hybridized carbons (Fsp3) is 0.143. The molecule has 21 heavy (non-hydrogen) atoms. The predicted molar refractivity (Wildman–Crippen MR) is 76.3 cm³/mol. The van der Waals surface area contributed by atoms with Gasteiger partial charge in [0.25, 0.3) is 0 Å². The molecule has 106 valence electrons. The summed E-state index contributed by atoms with van der Waals surface area (Å²) in [6, 6.07) is 5.59. The maximum absolute atomic E-state index is 11.4. The number of nitrogens with zero attached hydrogens (tertiary/aromatic N) is 2. The summed E-state index contributed by atoms with van der Waals surface area (Å²) in [6.45, 7) is 2.16. The van der Waals surface area contributed by atoms with E-state index in [1.165, 1.54) is 17.5 Å². The van der Waals surface area contributed by atoms with Gasteiger partial charge in [0.2, 0.25) is 6.79 Å². The SMILES string of the molecule is Cc1sc2ncc(C(=O)O)n2c1-c1ccc2c(c1)OCO2. The molecule has 6 nitrogen and oxygen atoms in total. The van der Waals surface area contributed by atoms with E-state index < -0.39 is 5.97 Å². The number of carbonyl (C=O) groups is 1. The Bertz CT molecular complexity index is 881. The van der Waals surface area contributed by atoms with Crippen LogP contribution in [0.2, 0.25) is 0 Å². The number of thiazole rings is 1. The van der Waals surface area contributed by atoms with Gasteiger partial charge < -0.3 is 14.6 Å². The highest BCUT2D eigenvalue weighted by Crippen LogP contribution is 2.39. The molecule has 0 amide bonds. The van der Waals surface area contributed by atoms with Crippen LogP contribution in [0.4, 0.5) is 0 Å². The molecule has 1 aromatic carbocycles. The summed E-state index contributed by atoms with van der Waals surface area (Å²) in [7, 11) is 0. The van der Waals surface area contributed by atoms with Crippen molar-refractivity contribution in [2.75, 3.05) is 6.79 Å². The van der Waals surface area contributed by atoms with Crippen molar-refractivity contribution in [2.45, 2.75) is 6.92 Å². The van der Waals surface area contributed by atoms with Gasteiger partial charge in [-0.25, -0.2) is 9.78 Å². The number of benzene rings is 1. The first kappa shape index (κ1) is 12.2. The first-order valence-corrected chi connectivity index (χ1v) is 7.07. The second-order valence-electron chi connectivity index (χ2n) is 4.64. The molecule has 4 rings (SSSR count).